The molecule has 0 aliphatic carbocycles. The molecule has 100 valence electrons. The molecule has 1 fully saturated rings. The van der Waals surface area contributed by atoms with Crippen LogP contribution in [0.3, 0.4) is 0 Å². The number of rotatable bonds is 2. The number of aryl methyl sites for hydroxylation is 3. The minimum atomic E-state index is 0.273. The molecule has 1 saturated heterocycles. The third-order valence-corrected chi connectivity index (χ3v) is 3.71. The van der Waals surface area contributed by atoms with E-state index in [2.05, 4.69) is 53.7 Å². The van der Waals surface area contributed by atoms with Crippen molar-refractivity contribution in [1.29, 1.82) is 0 Å². The molecule has 0 saturated carbocycles. The summed E-state index contributed by atoms with van der Waals surface area (Å²) in [5.41, 5.74) is 4.81. The van der Waals surface area contributed by atoms with Gasteiger partial charge in [-0.1, -0.05) is 17.7 Å². The molecule has 0 amide bonds. The van der Waals surface area contributed by atoms with Crippen LogP contribution < -0.4 is 5.32 Å². The first kappa shape index (κ1) is 12.3. The van der Waals surface area contributed by atoms with Crippen molar-refractivity contribution in [3.05, 3.63) is 34.6 Å². The maximum Gasteiger partial charge on any atom is 0.173 e. The minimum absolute atomic E-state index is 0.273. The second kappa shape index (κ2) is 4.74. The van der Waals surface area contributed by atoms with Crippen molar-refractivity contribution in [2.24, 2.45) is 0 Å². The molecule has 0 bridgehead atoms. The van der Waals surface area contributed by atoms with E-state index in [0.717, 1.165) is 24.5 Å². The van der Waals surface area contributed by atoms with Crippen molar-refractivity contribution in [3.8, 4) is 5.69 Å². The Labute approximate surface area is 113 Å². The van der Waals surface area contributed by atoms with E-state index in [1.54, 1.807) is 0 Å². The van der Waals surface area contributed by atoms with Gasteiger partial charge < -0.3 is 5.32 Å². The summed E-state index contributed by atoms with van der Waals surface area (Å²) < 4.78 is 1.90. The lowest BCUT2D eigenvalue weighted by Crippen LogP contribution is -2.19. The second-order valence-electron chi connectivity index (χ2n) is 5.35. The predicted octanol–water partition coefficient (Wildman–Crippen LogP) is 2.01. The third-order valence-electron chi connectivity index (χ3n) is 3.71. The zero-order valence-corrected chi connectivity index (χ0v) is 11.6. The van der Waals surface area contributed by atoms with Gasteiger partial charge in [-0.05, 0) is 61.7 Å². The predicted molar refractivity (Wildman–Crippen MR) is 73.3 cm³/mol. The van der Waals surface area contributed by atoms with Crippen LogP contribution in [0.1, 0.15) is 41.4 Å². The second-order valence-corrected chi connectivity index (χ2v) is 5.35. The third kappa shape index (κ3) is 2.14. The molecule has 0 radical (unpaired) electrons. The molecule has 5 heteroatoms. The van der Waals surface area contributed by atoms with Crippen LogP contribution >= 0.6 is 0 Å². The number of hydrogen-bond acceptors (Lipinski definition) is 4. The Kier molecular flexibility index (Phi) is 3.06. The van der Waals surface area contributed by atoms with Gasteiger partial charge in [-0.3, -0.25) is 0 Å². The summed E-state index contributed by atoms with van der Waals surface area (Å²) in [6, 6.07) is 4.63. The van der Waals surface area contributed by atoms with Gasteiger partial charge in [0.25, 0.3) is 0 Å². The molecule has 0 spiro atoms. The van der Waals surface area contributed by atoms with Crippen molar-refractivity contribution >= 4 is 0 Å². The number of aromatic nitrogens is 4. The lowest BCUT2D eigenvalue weighted by atomic mass is 10.0. The molecule has 1 aromatic heterocycles. The topological polar surface area (TPSA) is 55.6 Å². The van der Waals surface area contributed by atoms with Gasteiger partial charge in [0, 0.05) is 0 Å². The first-order valence-corrected chi connectivity index (χ1v) is 6.76. The summed E-state index contributed by atoms with van der Waals surface area (Å²) in [6.07, 6.45) is 2.29. The molecule has 3 rings (SSSR count). The molecular formula is C14H19N5. The van der Waals surface area contributed by atoms with Gasteiger partial charge in [-0.25, -0.2) is 0 Å². The fourth-order valence-corrected chi connectivity index (χ4v) is 2.98. The van der Waals surface area contributed by atoms with Gasteiger partial charge in [0.05, 0.1) is 11.7 Å². The maximum absolute atomic E-state index is 4.22. The number of nitrogens with zero attached hydrogens (tertiary/aromatic N) is 4. The highest BCUT2D eigenvalue weighted by molar-refractivity contribution is 5.49. The van der Waals surface area contributed by atoms with Crippen molar-refractivity contribution in [1.82, 2.24) is 25.5 Å². The molecule has 1 unspecified atom stereocenters. The number of nitrogens with one attached hydrogen (secondary N) is 1. The molecule has 19 heavy (non-hydrogen) atoms. The normalized spacial score (nSPS) is 19.0. The molecule has 5 nitrogen and oxygen atoms in total. The summed E-state index contributed by atoms with van der Waals surface area (Å²) in [5.74, 6) is 0.924. The fraction of sp³-hybridized carbons (Fsp3) is 0.500. The molecule has 2 heterocycles. The fourth-order valence-electron chi connectivity index (χ4n) is 2.98. The quantitative estimate of drug-likeness (QED) is 0.894. The highest BCUT2D eigenvalue weighted by Crippen LogP contribution is 2.26. The number of benzene rings is 1. The Balaban J connectivity index is 2.10. The van der Waals surface area contributed by atoms with Crippen LogP contribution in [0.5, 0.6) is 0 Å². The molecule has 1 aromatic carbocycles. The summed E-state index contributed by atoms with van der Waals surface area (Å²) >= 11 is 0. The Morgan fingerprint density at radius 3 is 2.58 bits per heavy atom. The minimum Gasteiger partial charge on any atom is -0.307 e. The Morgan fingerprint density at radius 1 is 1.21 bits per heavy atom. The van der Waals surface area contributed by atoms with E-state index >= 15 is 0 Å². The molecule has 1 atom stereocenters. The average Bonchev–Trinajstić information content (AvgIpc) is 2.96. The first-order chi connectivity index (χ1) is 9.16. The van der Waals surface area contributed by atoms with Gasteiger partial charge in [-0.15, -0.1) is 5.10 Å². The lowest BCUT2D eigenvalue weighted by molar-refractivity contribution is 0.582. The summed E-state index contributed by atoms with van der Waals surface area (Å²) in [7, 11) is 0. The van der Waals surface area contributed by atoms with Crippen LogP contribution in [0.15, 0.2) is 12.1 Å². The van der Waals surface area contributed by atoms with Crippen LogP contribution in [-0.2, 0) is 0 Å². The van der Waals surface area contributed by atoms with Crippen molar-refractivity contribution < 1.29 is 0 Å². The SMILES string of the molecule is Cc1cc(C)c(-n2nnnc2C2CCCN2)c(C)c1. The van der Waals surface area contributed by atoms with Crippen LogP contribution in [-0.4, -0.2) is 26.8 Å². The van der Waals surface area contributed by atoms with Gasteiger partial charge >= 0.3 is 0 Å². The van der Waals surface area contributed by atoms with E-state index in [1.807, 2.05) is 4.68 Å². The van der Waals surface area contributed by atoms with E-state index < -0.39 is 0 Å². The zero-order valence-electron chi connectivity index (χ0n) is 11.6. The van der Waals surface area contributed by atoms with Crippen LogP contribution in [0.4, 0.5) is 0 Å². The monoisotopic (exact) mass is 257 g/mol. The van der Waals surface area contributed by atoms with Crippen LogP contribution in [0, 0.1) is 20.8 Å². The van der Waals surface area contributed by atoms with Gasteiger partial charge in [0.2, 0.25) is 0 Å². The smallest absolute Gasteiger partial charge is 0.173 e. The molecule has 1 aliphatic heterocycles. The molecular weight excluding hydrogens is 238 g/mol. The average molecular weight is 257 g/mol. The largest absolute Gasteiger partial charge is 0.307 e. The van der Waals surface area contributed by atoms with E-state index in [1.165, 1.54) is 23.1 Å². The Morgan fingerprint density at radius 2 is 1.95 bits per heavy atom. The number of hydrogen-bond donors (Lipinski definition) is 1. The van der Waals surface area contributed by atoms with E-state index in [4.69, 9.17) is 0 Å². The molecule has 1 N–H and O–H groups in total. The van der Waals surface area contributed by atoms with Gasteiger partial charge in [-0.2, -0.15) is 4.68 Å². The molecule has 2 aromatic rings. The van der Waals surface area contributed by atoms with Crippen LogP contribution in [0.25, 0.3) is 5.69 Å². The summed E-state index contributed by atoms with van der Waals surface area (Å²) in [5, 5.41) is 15.7. The van der Waals surface area contributed by atoms with Crippen LogP contribution in [0.2, 0.25) is 0 Å². The van der Waals surface area contributed by atoms with Crippen molar-refractivity contribution in [2.45, 2.75) is 39.7 Å². The Bertz CT molecular complexity index is 573. The summed E-state index contributed by atoms with van der Waals surface area (Å²) in [6.45, 7) is 7.39. The van der Waals surface area contributed by atoms with Crippen molar-refractivity contribution in [2.75, 3.05) is 6.54 Å². The van der Waals surface area contributed by atoms with Crippen molar-refractivity contribution in [3.63, 3.8) is 0 Å². The molecule has 1 aliphatic rings. The highest BCUT2D eigenvalue weighted by atomic mass is 15.5. The summed E-state index contributed by atoms with van der Waals surface area (Å²) in [4.78, 5) is 0. The van der Waals surface area contributed by atoms with E-state index in [9.17, 15) is 0 Å². The first-order valence-electron chi connectivity index (χ1n) is 6.76. The lowest BCUT2D eigenvalue weighted by Gasteiger charge is -2.15. The Hall–Kier alpha value is -1.75. The van der Waals surface area contributed by atoms with Gasteiger partial charge in [0.15, 0.2) is 5.82 Å². The standard InChI is InChI=1S/C14H19N5/c1-9-7-10(2)13(11(3)8-9)19-14(16-17-18-19)12-5-4-6-15-12/h7-8,12,15H,4-6H2,1-3H3. The zero-order chi connectivity index (χ0) is 13.4. The van der Waals surface area contributed by atoms with E-state index in [-0.39, 0.29) is 6.04 Å². The van der Waals surface area contributed by atoms with E-state index in [0.29, 0.717) is 0 Å². The maximum atomic E-state index is 4.22. The van der Waals surface area contributed by atoms with Gasteiger partial charge in [0.1, 0.15) is 0 Å². The number of tetrazole rings is 1. The highest BCUT2D eigenvalue weighted by Gasteiger charge is 2.24.